The van der Waals surface area contributed by atoms with E-state index in [0.717, 1.165) is 121 Å². The van der Waals surface area contributed by atoms with Crippen LogP contribution in [0.25, 0.3) is 11.4 Å². The number of aromatic nitrogens is 9. The number of nitrogen functional groups attached to an aromatic ring is 1. The van der Waals surface area contributed by atoms with Gasteiger partial charge in [0.2, 0.25) is 0 Å². The Labute approximate surface area is 587 Å². The lowest BCUT2D eigenvalue weighted by molar-refractivity contribution is -0.385. The highest BCUT2D eigenvalue weighted by atomic mass is 35.5. The first-order chi connectivity index (χ1) is 47.4. The van der Waals surface area contributed by atoms with E-state index in [1.54, 1.807) is 31.6 Å². The summed E-state index contributed by atoms with van der Waals surface area (Å²) in [5, 5.41) is 68.7. The Kier molecular flexibility index (Phi) is 28.0. The Bertz CT molecular complexity index is 4080. The molecule has 7 aromatic heterocycles. The molecule has 0 unspecified atom stereocenters. The van der Waals surface area contributed by atoms with E-state index in [0.29, 0.717) is 80.0 Å². The van der Waals surface area contributed by atoms with Crippen LogP contribution >= 0.6 is 34.8 Å². The van der Waals surface area contributed by atoms with Crippen LogP contribution in [0.2, 0.25) is 15.2 Å². The number of anilines is 5. The number of aryl methyl sites for hydroxylation is 3. The van der Waals surface area contributed by atoms with Gasteiger partial charge in [-0.3, -0.25) is 29.8 Å². The summed E-state index contributed by atoms with van der Waals surface area (Å²) in [7, 11) is 0. The van der Waals surface area contributed by atoms with Gasteiger partial charge in [-0.2, -0.15) is 10.2 Å². The Hall–Kier alpha value is -9.58. The topological polar surface area (TPSA) is 366 Å². The zero-order chi connectivity index (χ0) is 71.1. The highest BCUT2D eigenvalue weighted by Gasteiger charge is 2.25. The number of β-amino-alcohol motifs (C(OH)–C–C–N with tert-alkyl or cyclic N) is 4. The van der Waals surface area contributed by atoms with Gasteiger partial charge in [-0.15, -0.1) is 0 Å². The number of nitrogens with zero attached hydrogens (tertiary/aromatic N) is 15. The molecule has 8 N–H and O–H groups in total. The average molecular weight is 1410 g/mol. The number of hydrogen-bond donors (Lipinski definition) is 6. The molecule has 9 aromatic rings. The summed E-state index contributed by atoms with van der Waals surface area (Å²) in [4.78, 5) is 71.5. The van der Waals surface area contributed by atoms with E-state index < -0.39 is 9.85 Å². The number of pyridine rings is 5. The number of carbonyl (C=O) groups excluding carboxylic acids is 2. The van der Waals surface area contributed by atoms with Gasteiger partial charge in [0, 0.05) is 118 Å². The molecule has 27 nitrogen and oxygen atoms in total. The number of nitro groups is 2. The minimum absolute atomic E-state index is 0.0153. The fourth-order valence-electron chi connectivity index (χ4n) is 10.9. The third-order valence-electron chi connectivity index (χ3n) is 15.8. The molecule has 99 heavy (non-hydrogen) atoms. The fraction of sp³-hybridized carbons (Fsp3) is 0.348. The second kappa shape index (κ2) is 36.8. The molecular weight excluding hydrogens is 1330 g/mol. The SMILES string of the molecule is CC(=O)Cc1ccc(N2CC[C@H](O)C2)nc1.Cc1cc(CCC(=O)Cc2ccc(N3CC[C@H](O)C3)nc2)n(-c2cccc(Cl)c2)n1.Cc1cc(CN)n(-c2cccc(Cl)c2)n1.Nc1ccc(N2CC[C@H](O)C2)nc1.O=[N+]([O-])c1ccc(Cl)nc1.O=[N+]([O-])c1ccc(N2CC[C@H](O)C2)nc1. The highest BCUT2D eigenvalue weighted by Crippen LogP contribution is 2.25. The third kappa shape index (κ3) is 23.6. The summed E-state index contributed by atoms with van der Waals surface area (Å²) in [5.74, 6) is 3.61. The van der Waals surface area contributed by atoms with E-state index >= 15 is 0 Å². The Morgan fingerprint density at radius 1 is 0.525 bits per heavy atom. The average Bonchev–Trinajstić information content (AvgIpc) is 1.73. The van der Waals surface area contributed by atoms with E-state index in [-0.39, 0.29) is 52.5 Å². The number of nitrogens with two attached hydrogens (primary N) is 2. The molecule has 0 amide bonds. The number of hydrogen-bond acceptors (Lipinski definition) is 23. The van der Waals surface area contributed by atoms with Gasteiger partial charge in [-0.1, -0.05) is 59.1 Å². The molecule has 522 valence electrons. The van der Waals surface area contributed by atoms with Crippen molar-refractivity contribution in [3.05, 3.63) is 222 Å². The van der Waals surface area contributed by atoms with Crippen molar-refractivity contribution in [1.29, 1.82) is 0 Å². The summed E-state index contributed by atoms with van der Waals surface area (Å²) in [6.45, 7) is 11.7. The van der Waals surface area contributed by atoms with Gasteiger partial charge in [0.1, 0.15) is 52.4 Å². The third-order valence-corrected chi connectivity index (χ3v) is 16.5. The fourth-order valence-corrected chi connectivity index (χ4v) is 11.4. The van der Waals surface area contributed by atoms with Crippen molar-refractivity contribution in [2.45, 2.75) is 103 Å². The van der Waals surface area contributed by atoms with E-state index in [9.17, 15) is 50.2 Å². The second-order valence-electron chi connectivity index (χ2n) is 23.9. The van der Waals surface area contributed by atoms with Crippen LogP contribution in [0, 0.1) is 34.1 Å². The molecule has 4 atom stereocenters. The molecule has 0 saturated carbocycles. The Morgan fingerprint density at radius 2 is 0.929 bits per heavy atom. The van der Waals surface area contributed by atoms with Gasteiger partial charge in [-0.25, -0.2) is 34.3 Å². The molecule has 0 spiro atoms. The molecule has 4 saturated heterocycles. The van der Waals surface area contributed by atoms with Crippen LogP contribution in [0.15, 0.2) is 152 Å². The maximum absolute atomic E-state index is 12.6. The van der Waals surface area contributed by atoms with Gasteiger partial charge in [0.15, 0.2) is 0 Å². The van der Waals surface area contributed by atoms with Crippen LogP contribution in [0.4, 0.5) is 40.3 Å². The second-order valence-corrected chi connectivity index (χ2v) is 25.2. The largest absolute Gasteiger partial charge is 0.397 e. The molecular formula is C69H80Cl3N17O10. The standard InChI is InChI=1S/C23H25ClN4O2.C12H16N2O2.C11H12ClN3.C9H11N3O3.C9H13N3O.C5H3ClN2O2/c1-16-11-20(28(26-16)19-4-2-3-18(24)13-19)6-7-21(29)12-17-5-8-23(25-14-17)27-10-9-22(30)15-27;1-9(15)6-10-2-3-12(13-7-10)14-5-4-11(16)8-14;1-8-5-11(7-13)15(14-8)10-4-2-3-9(12)6-10;13-8-3-4-11(6-8)9-2-1-7(5-10-9)12(14)15;10-7-1-2-9(11-5-7)12-4-3-8(13)6-12;6-5-2-1-4(3-7-5)8(9)10/h2-5,8,11,13-14,22,30H,6-7,9-10,12,15H2,1H3;2-3,7,11,16H,4-6,8H2,1H3;2-6H,7,13H2,1H3;1-2,5,8,13H,3-4,6H2;1-2,5,8,13H,3-4,6,10H2;1-3H/t22-;11-;;2*8-;/m00.00./s1. The lowest BCUT2D eigenvalue weighted by Gasteiger charge is -2.16. The van der Waals surface area contributed by atoms with E-state index in [4.69, 9.17) is 46.3 Å². The van der Waals surface area contributed by atoms with Crippen LogP contribution in [0.3, 0.4) is 0 Å². The van der Waals surface area contributed by atoms with Crippen LogP contribution in [-0.4, -0.2) is 163 Å². The molecule has 13 rings (SSSR count). The lowest BCUT2D eigenvalue weighted by atomic mass is 10.1. The first-order valence-corrected chi connectivity index (χ1v) is 33.1. The summed E-state index contributed by atoms with van der Waals surface area (Å²) < 4.78 is 3.68. The Morgan fingerprint density at radius 3 is 1.28 bits per heavy atom. The maximum Gasteiger partial charge on any atom is 0.287 e. The monoisotopic (exact) mass is 1410 g/mol. The normalized spacial score (nSPS) is 16.8. The van der Waals surface area contributed by atoms with Gasteiger partial charge < -0.3 is 51.5 Å². The maximum atomic E-state index is 12.6. The summed E-state index contributed by atoms with van der Waals surface area (Å²) in [6.07, 6.45) is 11.4. The van der Waals surface area contributed by atoms with Crippen molar-refractivity contribution in [3.63, 3.8) is 0 Å². The summed E-state index contributed by atoms with van der Waals surface area (Å²) in [6, 6.07) is 36.2. The molecule has 0 radical (unpaired) electrons. The number of ketones is 2. The molecule has 30 heteroatoms. The number of benzene rings is 2. The first-order valence-electron chi connectivity index (χ1n) is 32.0. The zero-order valence-corrected chi connectivity index (χ0v) is 57.3. The van der Waals surface area contributed by atoms with Crippen molar-refractivity contribution < 1.29 is 39.9 Å². The lowest BCUT2D eigenvalue weighted by Crippen LogP contribution is -2.22. The zero-order valence-electron chi connectivity index (χ0n) is 55.0. The van der Waals surface area contributed by atoms with Gasteiger partial charge in [-0.05, 0) is 149 Å². The van der Waals surface area contributed by atoms with Crippen molar-refractivity contribution in [1.82, 2.24) is 44.5 Å². The number of rotatable bonds is 16. The van der Waals surface area contributed by atoms with Crippen molar-refractivity contribution in [2.24, 2.45) is 5.73 Å². The minimum atomic E-state index is -0.524. The number of aliphatic hydroxyl groups is 4. The predicted molar refractivity (Wildman–Crippen MR) is 381 cm³/mol. The van der Waals surface area contributed by atoms with Crippen LogP contribution in [0.5, 0.6) is 0 Å². The van der Waals surface area contributed by atoms with Crippen molar-refractivity contribution in [3.8, 4) is 11.4 Å². The molecule has 0 aliphatic carbocycles. The number of carbonyl (C=O) groups is 2. The van der Waals surface area contributed by atoms with Crippen LogP contribution in [0.1, 0.15) is 72.9 Å². The molecule has 4 aliphatic rings. The molecule has 0 bridgehead atoms. The van der Waals surface area contributed by atoms with Crippen molar-refractivity contribution in [2.75, 3.05) is 77.7 Å². The highest BCUT2D eigenvalue weighted by molar-refractivity contribution is 6.31. The number of halogens is 3. The number of aliphatic hydroxyl groups excluding tert-OH is 4. The molecule has 4 aliphatic heterocycles. The summed E-state index contributed by atoms with van der Waals surface area (Å²) in [5.41, 5.74) is 19.3. The minimum Gasteiger partial charge on any atom is -0.397 e. The smallest absolute Gasteiger partial charge is 0.287 e. The van der Waals surface area contributed by atoms with Crippen LogP contribution < -0.4 is 31.1 Å². The van der Waals surface area contributed by atoms with E-state index in [2.05, 4.69) is 49.8 Å². The van der Waals surface area contributed by atoms with E-state index in [1.807, 2.05) is 125 Å². The van der Waals surface area contributed by atoms with Gasteiger partial charge in [0.05, 0.1) is 74.6 Å². The van der Waals surface area contributed by atoms with Crippen LogP contribution in [-0.2, 0) is 35.4 Å². The number of Topliss-reactive ketones (excluding diaryl/α,β-unsaturated/α-hetero) is 2. The molecule has 2 aromatic carbocycles. The molecule has 4 fully saturated rings. The molecule has 11 heterocycles. The predicted octanol–water partition coefficient (Wildman–Crippen LogP) is 9.06. The van der Waals surface area contributed by atoms with Crippen molar-refractivity contribution >= 4 is 86.7 Å². The van der Waals surface area contributed by atoms with Gasteiger partial charge >= 0.3 is 0 Å². The first kappa shape index (κ1) is 75.2. The van der Waals surface area contributed by atoms with Gasteiger partial charge in [0.25, 0.3) is 11.4 Å². The summed E-state index contributed by atoms with van der Waals surface area (Å²) >= 11 is 17.4. The quantitative estimate of drug-likeness (QED) is 0.0298. The van der Waals surface area contributed by atoms with E-state index in [1.165, 1.54) is 24.4 Å². The Balaban J connectivity index is 0.000000158.